The maximum absolute atomic E-state index is 12.5. The molecule has 0 aromatic heterocycles. The molecule has 18 heavy (non-hydrogen) atoms. The van der Waals surface area contributed by atoms with Crippen LogP contribution in [-0.4, -0.2) is 23.4 Å². The van der Waals surface area contributed by atoms with E-state index >= 15 is 0 Å². The van der Waals surface area contributed by atoms with Gasteiger partial charge in [0, 0.05) is 17.6 Å². The second-order valence-corrected chi connectivity index (χ2v) is 5.30. The molecule has 0 atom stereocenters. The molecular formula is C13H20ClN3O. The standard InChI is InChI=1S/C13H20ClN3O/c1-5-13(2,3)17(4)12(18)10-8-9(14)6-7-11(10)16-15/h6-8,16H,5,15H2,1-4H3. The van der Waals surface area contributed by atoms with E-state index in [1.165, 1.54) is 0 Å². The first kappa shape index (κ1) is 14.8. The van der Waals surface area contributed by atoms with E-state index in [9.17, 15) is 4.79 Å². The minimum atomic E-state index is -0.217. The summed E-state index contributed by atoms with van der Waals surface area (Å²) < 4.78 is 0. The molecule has 0 fully saturated rings. The molecule has 0 aliphatic rings. The number of nitrogens with zero attached hydrogens (tertiary/aromatic N) is 1. The van der Waals surface area contributed by atoms with Crippen LogP contribution in [0.25, 0.3) is 0 Å². The Morgan fingerprint density at radius 2 is 2.11 bits per heavy atom. The van der Waals surface area contributed by atoms with Gasteiger partial charge in [-0.2, -0.15) is 0 Å². The van der Waals surface area contributed by atoms with E-state index in [1.807, 2.05) is 20.8 Å². The van der Waals surface area contributed by atoms with E-state index in [0.717, 1.165) is 6.42 Å². The maximum Gasteiger partial charge on any atom is 0.256 e. The summed E-state index contributed by atoms with van der Waals surface area (Å²) in [7, 11) is 1.78. The van der Waals surface area contributed by atoms with E-state index in [-0.39, 0.29) is 11.4 Å². The Morgan fingerprint density at radius 1 is 1.50 bits per heavy atom. The highest BCUT2D eigenvalue weighted by Gasteiger charge is 2.27. The zero-order chi connectivity index (χ0) is 13.9. The molecule has 0 radical (unpaired) electrons. The Morgan fingerprint density at radius 3 is 2.61 bits per heavy atom. The SMILES string of the molecule is CCC(C)(C)N(C)C(=O)c1cc(Cl)ccc1NN. The number of hydrogen-bond donors (Lipinski definition) is 2. The zero-order valence-electron chi connectivity index (χ0n) is 11.2. The molecule has 1 aromatic rings. The fourth-order valence-corrected chi connectivity index (χ4v) is 1.68. The fraction of sp³-hybridized carbons (Fsp3) is 0.462. The van der Waals surface area contributed by atoms with Gasteiger partial charge in [-0.15, -0.1) is 0 Å². The van der Waals surface area contributed by atoms with Crippen LogP contribution in [-0.2, 0) is 0 Å². The molecule has 4 nitrogen and oxygen atoms in total. The van der Waals surface area contributed by atoms with E-state index in [4.69, 9.17) is 17.4 Å². The van der Waals surface area contributed by atoms with Crippen LogP contribution in [0.4, 0.5) is 5.69 Å². The molecule has 0 saturated carbocycles. The lowest BCUT2D eigenvalue weighted by atomic mass is 9.98. The van der Waals surface area contributed by atoms with E-state index in [2.05, 4.69) is 5.43 Å². The van der Waals surface area contributed by atoms with Crippen LogP contribution in [0.1, 0.15) is 37.6 Å². The van der Waals surface area contributed by atoms with Crippen molar-refractivity contribution >= 4 is 23.2 Å². The van der Waals surface area contributed by atoms with Gasteiger partial charge in [0.25, 0.3) is 5.91 Å². The lowest BCUT2D eigenvalue weighted by Crippen LogP contribution is -2.44. The Labute approximate surface area is 113 Å². The van der Waals surface area contributed by atoms with Gasteiger partial charge in [-0.3, -0.25) is 10.6 Å². The van der Waals surface area contributed by atoms with E-state index in [0.29, 0.717) is 16.3 Å². The quantitative estimate of drug-likeness (QED) is 0.653. The van der Waals surface area contributed by atoms with Gasteiger partial charge < -0.3 is 10.3 Å². The summed E-state index contributed by atoms with van der Waals surface area (Å²) in [6.45, 7) is 6.08. The predicted molar refractivity (Wildman–Crippen MR) is 75.7 cm³/mol. The van der Waals surface area contributed by atoms with Crippen molar-refractivity contribution in [1.82, 2.24) is 4.90 Å². The van der Waals surface area contributed by atoms with Crippen molar-refractivity contribution in [2.24, 2.45) is 5.84 Å². The number of hydrazine groups is 1. The molecular weight excluding hydrogens is 250 g/mol. The first-order valence-corrected chi connectivity index (χ1v) is 6.25. The summed E-state index contributed by atoms with van der Waals surface area (Å²) in [5.74, 6) is 5.32. The summed E-state index contributed by atoms with van der Waals surface area (Å²) in [6.07, 6.45) is 0.862. The molecule has 1 amide bonds. The number of nitrogens with one attached hydrogen (secondary N) is 1. The van der Waals surface area contributed by atoms with Gasteiger partial charge in [-0.05, 0) is 38.5 Å². The lowest BCUT2D eigenvalue weighted by molar-refractivity contribution is 0.0621. The summed E-state index contributed by atoms with van der Waals surface area (Å²) in [5.41, 5.74) is 3.36. The molecule has 5 heteroatoms. The number of anilines is 1. The molecule has 100 valence electrons. The molecule has 0 heterocycles. The molecule has 1 aromatic carbocycles. The summed E-state index contributed by atoms with van der Waals surface area (Å²) in [5, 5.41) is 0.514. The van der Waals surface area contributed by atoms with Crippen LogP contribution >= 0.6 is 11.6 Å². The Kier molecular flexibility index (Phi) is 4.59. The minimum Gasteiger partial charge on any atom is -0.337 e. The van der Waals surface area contributed by atoms with Crippen LogP contribution in [0.2, 0.25) is 5.02 Å². The van der Waals surface area contributed by atoms with Gasteiger partial charge in [0.2, 0.25) is 0 Å². The Bertz CT molecular complexity index is 446. The highest BCUT2D eigenvalue weighted by Crippen LogP contribution is 2.25. The van der Waals surface area contributed by atoms with Crippen LogP contribution in [0.15, 0.2) is 18.2 Å². The molecule has 0 aliphatic carbocycles. The van der Waals surface area contributed by atoms with Gasteiger partial charge in [0.1, 0.15) is 0 Å². The van der Waals surface area contributed by atoms with Crippen LogP contribution in [0.3, 0.4) is 0 Å². The van der Waals surface area contributed by atoms with Crippen molar-refractivity contribution in [3.63, 3.8) is 0 Å². The van der Waals surface area contributed by atoms with Gasteiger partial charge in [-0.25, -0.2) is 0 Å². The second kappa shape index (κ2) is 5.59. The lowest BCUT2D eigenvalue weighted by Gasteiger charge is -2.35. The van der Waals surface area contributed by atoms with Crippen LogP contribution in [0, 0.1) is 0 Å². The smallest absolute Gasteiger partial charge is 0.256 e. The number of benzene rings is 1. The van der Waals surface area contributed by atoms with Crippen molar-refractivity contribution in [2.45, 2.75) is 32.7 Å². The second-order valence-electron chi connectivity index (χ2n) is 4.86. The number of amides is 1. The minimum absolute atomic E-state index is 0.0997. The topological polar surface area (TPSA) is 58.4 Å². The molecule has 0 aliphatic heterocycles. The van der Waals surface area contributed by atoms with Crippen LogP contribution < -0.4 is 11.3 Å². The summed E-state index contributed by atoms with van der Waals surface area (Å²) in [6, 6.07) is 5.02. The summed E-state index contributed by atoms with van der Waals surface area (Å²) in [4.78, 5) is 14.2. The number of hydrogen-bond acceptors (Lipinski definition) is 3. The summed E-state index contributed by atoms with van der Waals surface area (Å²) >= 11 is 5.93. The molecule has 3 N–H and O–H groups in total. The molecule has 0 bridgehead atoms. The monoisotopic (exact) mass is 269 g/mol. The van der Waals surface area contributed by atoms with Gasteiger partial charge >= 0.3 is 0 Å². The third-order valence-electron chi connectivity index (χ3n) is 3.45. The average Bonchev–Trinajstić information content (AvgIpc) is 2.36. The van der Waals surface area contributed by atoms with E-state index in [1.54, 1.807) is 30.1 Å². The zero-order valence-corrected chi connectivity index (χ0v) is 12.0. The highest BCUT2D eigenvalue weighted by molar-refractivity contribution is 6.31. The molecule has 0 spiro atoms. The van der Waals surface area contributed by atoms with Crippen LogP contribution in [0.5, 0.6) is 0 Å². The highest BCUT2D eigenvalue weighted by atomic mass is 35.5. The van der Waals surface area contributed by atoms with Crippen molar-refractivity contribution in [1.29, 1.82) is 0 Å². The van der Waals surface area contributed by atoms with Gasteiger partial charge in [0.05, 0.1) is 11.3 Å². The van der Waals surface area contributed by atoms with Crippen molar-refractivity contribution in [2.75, 3.05) is 12.5 Å². The van der Waals surface area contributed by atoms with Gasteiger partial charge in [0.15, 0.2) is 0 Å². The van der Waals surface area contributed by atoms with Gasteiger partial charge in [-0.1, -0.05) is 18.5 Å². The molecule has 0 unspecified atom stereocenters. The maximum atomic E-state index is 12.5. The predicted octanol–water partition coefficient (Wildman–Crippen LogP) is 2.89. The fourth-order valence-electron chi connectivity index (χ4n) is 1.51. The number of halogens is 1. The normalized spacial score (nSPS) is 11.2. The Balaban J connectivity index is 3.14. The number of nitrogens with two attached hydrogens (primary N) is 1. The number of nitrogen functional groups attached to an aromatic ring is 1. The largest absolute Gasteiger partial charge is 0.337 e. The van der Waals surface area contributed by atoms with E-state index < -0.39 is 0 Å². The van der Waals surface area contributed by atoms with Crippen molar-refractivity contribution in [3.8, 4) is 0 Å². The molecule has 0 saturated heterocycles. The first-order chi connectivity index (χ1) is 8.33. The number of rotatable bonds is 4. The van der Waals surface area contributed by atoms with Crippen molar-refractivity contribution in [3.05, 3.63) is 28.8 Å². The number of carbonyl (C=O) groups excluding carboxylic acids is 1. The first-order valence-electron chi connectivity index (χ1n) is 5.87. The third kappa shape index (κ3) is 2.94. The van der Waals surface area contributed by atoms with Crippen molar-refractivity contribution < 1.29 is 4.79 Å². The Hall–Kier alpha value is -1.26. The average molecular weight is 270 g/mol. The number of carbonyl (C=O) groups is 1. The third-order valence-corrected chi connectivity index (χ3v) is 3.68. The molecule has 1 rings (SSSR count).